The van der Waals surface area contributed by atoms with Gasteiger partial charge in [0.2, 0.25) is 5.91 Å². The molecule has 1 saturated heterocycles. The Labute approximate surface area is 203 Å². The first-order valence-corrected chi connectivity index (χ1v) is 11.4. The van der Waals surface area contributed by atoms with Gasteiger partial charge in [0.1, 0.15) is 12.4 Å². The highest BCUT2D eigenvalue weighted by atomic mass is 19.4. The second-order valence-electron chi connectivity index (χ2n) is 9.36. The number of alkyl halides is 6. The molecule has 4 nitrogen and oxygen atoms in total. The van der Waals surface area contributed by atoms with Gasteiger partial charge in [-0.15, -0.1) is 0 Å². The van der Waals surface area contributed by atoms with E-state index in [0.29, 0.717) is 30.4 Å². The molecule has 2 aromatic carbocycles. The van der Waals surface area contributed by atoms with Crippen LogP contribution in [0.15, 0.2) is 47.6 Å². The Hall–Kier alpha value is -2.98. The van der Waals surface area contributed by atoms with E-state index in [1.807, 2.05) is 12.1 Å². The lowest BCUT2D eigenvalue weighted by molar-refractivity contribution is -0.143. The summed E-state index contributed by atoms with van der Waals surface area (Å²) >= 11 is 0. The van der Waals surface area contributed by atoms with Crippen molar-refractivity contribution in [1.29, 1.82) is 0 Å². The van der Waals surface area contributed by atoms with Gasteiger partial charge in [0, 0.05) is 12.0 Å². The summed E-state index contributed by atoms with van der Waals surface area (Å²) in [4.78, 5) is 21.4. The summed E-state index contributed by atoms with van der Waals surface area (Å²) in [6.07, 6.45) is -4.76. The second kappa shape index (κ2) is 10.6. The van der Waals surface area contributed by atoms with Crippen molar-refractivity contribution in [1.82, 2.24) is 5.32 Å². The lowest BCUT2D eigenvalue weighted by Gasteiger charge is -2.35. The van der Waals surface area contributed by atoms with Crippen LogP contribution in [-0.4, -0.2) is 11.4 Å². The highest BCUT2D eigenvalue weighted by molar-refractivity contribution is 5.79. The zero-order valence-electron chi connectivity index (χ0n) is 19.3. The van der Waals surface area contributed by atoms with Gasteiger partial charge in [0.25, 0.3) is 0 Å². The molecular formula is C25H25F7N2O2. The molecular weight excluding hydrogens is 493 g/mol. The first kappa shape index (κ1) is 27.6. The fraction of sp³-hybridized carbons (Fsp3) is 0.480. The van der Waals surface area contributed by atoms with Gasteiger partial charge in [-0.3, -0.25) is 4.79 Å². The monoisotopic (exact) mass is 518 g/mol. The predicted molar refractivity (Wildman–Crippen MR) is 118 cm³/mol. The molecule has 2 aliphatic rings. The number of hydrogen-bond acceptors (Lipinski definition) is 3. The third kappa shape index (κ3) is 6.61. The molecule has 3 unspecified atom stereocenters. The van der Waals surface area contributed by atoms with Crippen LogP contribution >= 0.6 is 0 Å². The summed E-state index contributed by atoms with van der Waals surface area (Å²) < 4.78 is 86.8. The van der Waals surface area contributed by atoms with Crippen LogP contribution in [0.4, 0.5) is 30.7 Å². The van der Waals surface area contributed by atoms with Crippen LogP contribution < -0.4 is 5.32 Å². The van der Waals surface area contributed by atoms with Gasteiger partial charge in [0.05, 0.1) is 11.1 Å². The van der Waals surface area contributed by atoms with Gasteiger partial charge in [-0.25, -0.2) is 4.39 Å². The fourth-order valence-corrected chi connectivity index (χ4v) is 5.11. The third-order valence-electron chi connectivity index (χ3n) is 6.82. The fourth-order valence-electron chi connectivity index (χ4n) is 5.11. The van der Waals surface area contributed by atoms with Crippen molar-refractivity contribution in [3.63, 3.8) is 0 Å². The lowest BCUT2D eigenvalue weighted by Crippen LogP contribution is -2.46. The minimum Gasteiger partial charge on any atom is -0.351 e. The number of halogens is 7. The molecule has 36 heavy (non-hydrogen) atoms. The molecule has 2 fully saturated rings. The molecule has 1 saturated carbocycles. The maximum absolute atomic E-state index is 13.0. The summed E-state index contributed by atoms with van der Waals surface area (Å²) in [7, 11) is 0. The molecule has 1 N–H and O–H groups in total. The zero-order chi connectivity index (χ0) is 26.7. The molecule has 1 amide bonds. The van der Waals surface area contributed by atoms with Crippen LogP contribution in [0.2, 0.25) is 0 Å². The smallest absolute Gasteiger partial charge is 0.351 e. The molecule has 3 atom stereocenters. The van der Waals surface area contributed by atoms with Crippen molar-refractivity contribution in [3.05, 3.63) is 75.4 Å². The SMILES string of the molecule is CC1(C2CCCC2c2ccc(F)cc2)CCC(=O)N1.O=NCc1cc(C(F)(F)F)cc(C(F)(F)F)c1. The summed E-state index contributed by atoms with van der Waals surface area (Å²) in [6.45, 7) is 1.43. The van der Waals surface area contributed by atoms with Crippen molar-refractivity contribution >= 4 is 5.91 Å². The molecule has 0 spiro atoms. The van der Waals surface area contributed by atoms with E-state index >= 15 is 0 Å². The van der Waals surface area contributed by atoms with Gasteiger partial charge in [-0.2, -0.15) is 31.2 Å². The van der Waals surface area contributed by atoms with E-state index in [1.54, 1.807) is 12.1 Å². The number of rotatable bonds is 4. The highest BCUT2D eigenvalue weighted by Crippen LogP contribution is 2.48. The molecule has 0 radical (unpaired) electrons. The molecule has 4 rings (SSSR count). The van der Waals surface area contributed by atoms with Crippen LogP contribution in [0.3, 0.4) is 0 Å². The summed E-state index contributed by atoms with van der Waals surface area (Å²) in [5.74, 6) is 0.916. The van der Waals surface area contributed by atoms with E-state index in [9.17, 15) is 40.4 Å². The Kier molecular flexibility index (Phi) is 8.10. The molecule has 1 heterocycles. The van der Waals surface area contributed by atoms with Crippen molar-refractivity contribution in [2.75, 3.05) is 0 Å². The quantitative estimate of drug-likeness (QED) is 0.339. The van der Waals surface area contributed by atoms with E-state index in [2.05, 4.69) is 17.4 Å². The Morgan fingerprint density at radius 2 is 1.56 bits per heavy atom. The topological polar surface area (TPSA) is 58.5 Å². The normalized spacial score (nSPS) is 24.2. The van der Waals surface area contributed by atoms with Gasteiger partial charge in [-0.1, -0.05) is 23.7 Å². The summed E-state index contributed by atoms with van der Waals surface area (Å²) in [6, 6.07) is 7.82. The number of carbonyl (C=O) groups is 1. The first-order chi connectivity index (χ1) is 16.7. The largest absolute Gasteiger partial charge is 0.416 e. The number of amides is 1. The number of hydrogen-bond donors (Lipinski definition) is 1. The predicted octanol–water partition coefficient (Wildman–Crippen LogP) is 7.37. The second-order valence-corrected chi connectivity index (χ2v) is 9.36. The molecule has 2 aromatic rings. The zero-order valence-corrected chi connectivity index (χ0v) is 19.3. The van der Waals surface area contributed by atoms with Crippen molar-refractivity contribution in [2.24, 2.45) is 11.1 Å². The number of benzene rings is 2. The lowest BCUT2D eigenvalue weighted by atomic mass is 9.75. The molecule has 0 aromatic heterocycles. The van der Waals surface area contributed by atoms with Crippen LogP contribution in [0.25, 0.3) is 0 Å². The molecule has 196 valence electrons. The molecule has 1 aliphatic carbocycles. The van der Waals surface area contributed by atoms with Gasteiger partial charge < -0.3 is 5.32 Å². The van der Waals surface area contributed by atoms with E-state index in [-0.39, 0.29) is 23.3 Å². The number of nitroso groups, excluding NO2 is 1. The van der Waals surface area contributed by atoms with E-state index in [4.69, 9.17) is 0 Å². The average molecular weight is 518 g/mol. The van der Waals surface area contributed by atoms with Crippen molar-refractivity contribution in [2.45, 2.75) is 69.4 Å². The van der Waals surface area contributed by atoms with Crippen LogP contribution in [-0.2, 0) is 23.7 Å². The minimum atomic E-state index is -4.90. The first-order valence-electron chi connectivity index (χ1n) is 11.4. The average Bonchev–Trinajstić information content (AvgIpc) is 3.41. The standard InChI is InChI=1S/C16H20FNO.C9H5F6NO/c1-16(10-9-15(19)18-16)14-4-2-3-13(14)11-5-7-12(17)8-6-11;10-8(11,12)6-1-5(4-16-17)2-7(3-6)9(13,14)15/h5-8,13-14H,2-4,9-10H2,1H3,(H,18,19);1-3H,4H2. The van der Waals surface area contributed by atoms with Crippen LogP contribution in [0.1, 0.15) is 67.2 Å². The van der Waals surface area contributed by atoms with E-state index in [0.717, 1.165) is 19.3 Å². The highest BCUT2D eigenvalue weighted by Gasteiger charge is 2.46. The number of nitrogens with one attached hydrogen (secondary N) is 1. The maximum Gasteiger partial charge on any atom is 0.416 e. The Morgan fingerprint density at radius 3 is 2.03 bits per heavy atom. The minimum absolute atomic E-state index is 0.00565. The number of carbonyl (C=O) groups excluding carboxylic acids is 1. The Morgan fingerprint density at radius 1 is 0.972 bits per heavy atom. The van der Waals surface area contributed by atoms with Crippen molar-refractivity contribution < 1.29 is 35.5 Å². The Bertz CT molecular complexity index is 1050. The molecule has 11 heteroatoms. The van der Waals surface area contributed by atoms with E-state index in [1.165, 1.54) is 12.0 Å². The van der Waals surface area contributed by atoms with Crippen LogP contribution in [0, 0.1) is 16.6 Å². The molecule has 0 bridgehead atoms. The molecule has 1 aliphatic heterocycles. The maximum atomic E-state index is 13.0. The van der Waals surface area contributed by atoms with Crippen molar-refractivity contribution in [3.8, 4) is 0 Å². The summed E-state index contributed by atoms with van der Waals surface area (Å²) in [5, 5.41) is 5.44. The van der Waals surface area contributed by atoms with Gasteiger partial charge in [0.15, 0.2) is 0 Å². The van der Waals surface area contributed by atoms with Gasteiger partial charge >= 0.3 is 12.4 Å². The van der Waals surface area contributed by atoms with E-state index < -0.39 is 35.6 Å². The summed E-state index contributed by atoms with van der Waals surface area (Å²) in [5.41, 5.74) is -2.20. The Balaban J connectivity index is 0.000000202. The van der Waals surface area contributed by atoms with Crippen LogP contribution in [0.5, 0.6) is 0 Å². The van der Waals surface area contributed by atoms with Gasteiger partial charge in [-0.05, 0) is 79.5 Å². The number of nitrogens with zero attached hydrogens (tertiary/aromatic N) is 1. The third-order valence-corrected chi connectivity index (χ3v) is 6.82.